The molecule has 1 fully saturated rings. The van der Waals surface area contributed by atoms with E-state index in [0.717, 1.165) is 12.8 Å². The van der Waals surface area contributed by atoms with Crippen LogP contribution in [0.1, 0.15) is 46.5 Å². The molecule has 2 aromatic heterocycles. The summed E-state index contributed by atoms with van der Waals surface area (Å²) in [6.45, 7) is -0.324. The zero-order valence-electron chi connectivity index (χ0n) is 17.6. The average molecular weight is 520 g/mol. The van der Waals surface area contributed by atoms with Crippen LogP contribution in [0.15, 0.2) is 54.7 Å². The SMILES string of the molecule is O=C(NCC(F)c1ccc(Cl)cc1Cl)c1c(Oc2cccc(C3CC3)c2)cnc2cc(Cl)nn12. The van der Waals surface area contributed by atoms with Crippen molar-refractivity contribution >= 4 is 46.4 Å². The summed E-state index contributed by atoms with van der Waals surface area (Å²) in [6, 6.07) is 13.7. The van der Waals surface area contributed by atoms with E-state index >= 15 is 0 Å². The fourth-order valence-corrected chi connectivity index (χ4v) is 4.38. The molecule has 2 heterocycles. The molecule has 0 radical (unpaired) electrons. The van der Waals surface area contributed by atoms with Crippen LogP contribution in [-0.2, 0) is 0 Å². The highest BCUT2D eigenvalue weighted by atomic mass is 35.5. The van der Waals surface area contributed by atoms with Crippen LogP contribution in [0.25, 0.3) is 5.65 Å². The second-order valence-corrected chi connectivity index (χ2v) is 9.23. The largest absolute Gasteiger partial charge is 0.453 e. The van der Waals surface area contributed by atoms with Gasteiger partial charge < -0.3 is 10.1 Å². The molecular formula is C24H18Cl3FN4O2. The molecule has 1 N–H and O–H groups in total. The molecule has 4 aromatic rings. The van der Waals surface area contributed by atoms with E-state index in [0.29, 0.717) is 22.3 Å². The first-order chi connectivity index (χ1) is 16.4. The van der Waals surface area contributed by atoms with Crippen LogP contribution in [0.2, 0.25) is 15.2 Å². The van der Waals surface area contributed by atoms with Crippen molar-refractivity contribution in [2.45, 2.75) is 24.9 Å². The van der Waals surface area contributed by atoms with Gasteiger partial charge in [0.2, 0.25) is 0 Å². The Morgan fingerprint density at radius 3 is 2.76 bits per heavy atom. The van der Waals surface area contributed by atoms with Crippen molar-refractivity contribution in [1.82, 2.24) is 19.9 Å². The highest BCUT2D eigenvalue weighted by Gasteiger charge is 2.25. The molecule has 6 nitrogen and oxygen atoms in total. The summed E-state index contributed by atoms with van der Waals surface area (Å²) in [5, 5.41) is 7.47. The number of benzene rings is 2. The number of amides is 1. The molecule has 5 rings (SSSR count). The van der Waals surface area contributed by atoms with Crippen molar-refractivity contribution in [3.05, 3.63) is 86.7 Å². The first kappa shape index (κ1) is 22.9. The van der Waals surface area contributed by atoms with Gasteiger partial charge in [-0.2, -0.15) is 5.10 Å². The van der Waals surface area contributed by atoms with Gasteiger partial charge in [0.15, 0.2) is 22.2 Å². The number of ether oxygens (including phenoxy) is 1. The van der Waals surface area contributed by atoms with Crippen LogP contribution in [0.5, 0.6) is 11.5 Å². The monoisotopic (exact) mass is 518 g/mol. The van der Waals surface area contributed by atoms with Crippen molar-refractivity contribution < 1.29 is 13.9 Å². The van der Waals surface area contributed by atoms with E-state index in [9.17, 15) is 9.18 Å². The molecule has 0 saturated heterocycles. The third kappa shape index (κ3) is 4.82. The van der Waals surface area contributed by atoms with E-state index in [1.165, 1.54) is 40.5 Å². The number of hydrogen-bond donors (Lipinski definition) is 1. The molecule has 1 aliphatic rings. The van der Waals surface area contributed by atoms with Crippen molar-refractivity contribution in [3.8, 4) is 11.5 Å². The molecule has 1 amide bonds. The Labute approximate surface area is 209 Å². The fraction of sp³-hybridized carbons (Fsp3) is 0.208. The quantitative estimate of drug-likeness (QED) is 0.291. The van der Waals surface area contributed by atoms with Crippen LogP contribution in [0, 0.1) is 0 Å². The van der Waals surface area contributed by atoms with Gasteiger partial charge in [0, 0.05) is 21.7 Å². The summed E-state index contributed by atoms with van der Waals surface area (Å²) in [4.78, 5) is 17.5. The summed E-state index contributed by atoms with van der Waals surface area (Å²) in [5.41, 5.74) is 1.80. The van der Waals surface area contributed by atoms with E-state index in [1.54, 1.807) is 6.07 Å². The van der Waals surface area contributed by atoms with Gasteiger partial charge in [0.25, 0.3) is 5.91 Å². The summed E-state index contributed by atoms with van der Waals surface area (Å²) < 4.78 is 22.2. The summed E-state index contributed by atoms with van der Waals surface area (Å²) >= 11 is 18.0. The average Bonchev–Trinajstić information content (AvgIpc) is 3.58. The van der Waals surface area contributed by atoms with E-state index in [4.69, 9.17) is 39.5 Å². The minimum atomic E-state index is -1.55. The van der Waals surface area contributed by atoms with Gasteiger partial charge in [-0.15, -0.1) is 0 Å². The molecule has 2 aromatic carbocycles. The number of nitrogens with zero attached hydrogens (tertiary/aromatic N) is 3. The maximum Gasteiger partial charge on any atom is 0.274 e. The van der Waals surface area contributed by atoms with Crippen LogP contribution in [0.3, 0.4) is 0 Å². The Hall–Kier alpha value is -2.87. The number of aromatic nitrogens is 3. The van der Waals surface area contributed by atoms with Gasteiger partial charge in [0.05, 0.1) is 12.7 Å². The molecule has 1 saturated carbocycles. The highest BCUT2D eigenvalue weighted by molar-refractivity contribution is 6.35. The molecule has 1 aliphatic carbocycles. The lowest BCUT2D eigenvalue weighted by molar-refractivity contribution is 0.0931. The number of alkyl halides is 1. The minimum absolute atomic E-state index is 0.0446. The predicted molar refractivity (Wildman–Crippen MR) is 129 cm³/mol. The Balaban J connectivity index is 1.42. The molecule has 0 bridgehead atoms. The Bertz CT molecular complexity index is 1390. The van der Waals surface area contributed by atoms with Crippen LogP contribution >= 0.6 is 34.8 Å². The molecule has 10 heteroatoms. The number of carbonyl (C=O) groups excluding carboxylic acids is 1. The first-order valence-corrected chi connectivity index (χ1v) is 11.7. The van der Waals surface area contributed by atoms with Crippen LogP contribution in [-0.4, -0.2) is 27.0 Å². The van der Waals surface area contributed by atoms with Gasteiger partial charge >= 0.3 is 0 Å². The van der Waals surface area contributed by atoms with E-state index in [2.05, 4.69) is 21.5 Å². The van der Waals surface area contributed by atoms with Gasteiger partial charge in [-0.25, -0.2) is 13.9 Å². The molecule has 1 unspecified atom stereocenters. The number of carbonyl (C=O) groups is 1. The normalized spacial score (nSPS) is 14.2. The van der Waals surface area contributed by atoms with E-state index < -0.39 is 12.1 Å². The van der Waals surface area contributed by atoms with Gasteiger partial charge in [-0.05, 0) is 48.6 Å². The molecule has 0 aliphatic heterocycles. The van der Waals surface area contributed by atoms with Crippen molar-refractivity contribution in [3.63, 3.8) is 0 Å². The lowest BCUT2D eigenvalue weighted by Crippen LogP contribution is -2.29. The topological polar surface area (TPSA) is 68.5 Å². The lowest BCUT2D eigenvalue weighted by Gasteiger charge is -2.15. The van der Waals surface area contributed by atoms with Crippen molar-refractivity contribution in [2.75, 3.05) is 6.54 Å². The zero-order chi connectivity index (χ0) is 23.8. The first-order valence-electron chi connectivity index (χ1n) is 10.6. The van der Waals surface area contributed by atoms with E-state index in [1.807, 2.05) is 12.1 Å². The predicted octanol–water partition coefficient (Wildman–Crippen LogP) is 6.80. The maximum atomic E-state index is 14.9. The standard InChI is InChI=1S/C24H18Cl3FN4O2/c25-15-6-7-17(18(26)9-15)19(28)11-30-24(33)23-20(12-29-22-10-21(27)31-32(22)23)34-16-3-1-2-14(8-16)13-4-5-13/h1-3,6-10,12-13,19H,4-5,11H2,(H,30,33). The zero-order valence-corrected chi connectivity index (χ0v) is 19.9. The second kappa shape index (κ2) is 9.41. The number of fused-ring (bicyclic) bond motifs is 1. The number of halogens is 4. The smallest absolute Gasteiger partial charge is 0.274 e. The lowest BCUT2D eigenvalue weighted by atomic mass is 10.1. The van der Waals surface area contributed by atoms with Crippen molar-refractivity contribution in [1.29, 1.82) is 0 Å². The van der Waals surface area contributed by atoms with Gasteiger partial charge in [-0.3, -0.25) is 4.79 Å². The summed E-state index contributed by atoms with van der Waals surface area (Å²) in [7, 11) is 0. The van der Waals surface area contributed by atoms with Crippen LogP contribution in [0.4, 0.5) is 4.39 Å². The fourth-order valence-electron chi connectivity index (χ4n) is 3.68. The number of nitrogens with one attached hydrogen (secondary N) is 1. The van der Waals surface area contributed by atoms with Crippen LogP contribution < -0.4 is 10.1 Å². The highest BCUT2D eigenvalue weighted by Crippen LogP contribution is 2.41. The number of rotatable bonds is 7. The molecule has 1 atom stereocenters. The third-order valence-electron chi connectivity index (χ3n) is 5.51. The van der Waals surface area contributed by atoms with Gasteiger partial charge in [-0.1, -0.05) is 53.0 Å². The number of hydrogen-bond acceptors (Lipinski definition) is 4. The minimum Gasteiger partial charge on any atom is -0.453 e. The van der Waals surface area contributed by atoms with E-state index in [-0.39, 0.29) is 33.7 Å². The van der Waals surface area contributed by atoms with Gasteiger partial charge in [0.1, 0.15) is 11.9 Å². The molecule has 0 spiro atoms. The third-order valence-corrected chi connectivity index (χ3v) is 6.26. The Morgan fingerprint density at radius 1 is 1.18 bits per heavy atom. The Morgan fingerprint density at radius 2 is 2.00 bits per heavy atom. The molecular weight excluding hydrogens is 502 g/mol. The molecule has 174 valence electrons. The summed E-state index contributed by atoms with van der Waals surface area (Å²) in [6.07, 6.45) is 2.18. The molecule has 34 heavy (non-hydrogen) atoms. The second-order valence-electron chi connectivity index (χ2n) is 8.00. The Kier molecular flexibility index (Phi) is 6.34. The summed E-state index contributed by atoms with van der Waals surface area (Å²) in [5.74, 6) is 0.665. The maximum absolute atomic E-state index is 14.9. The van der Waals surface area contributed by atoms with Crippen molar-refractivity contribution in [2.24, 2.45) is 0 Å².